The Hall–Kier alpha value is -1.97. The van der Waals surface area contributed by atoms with Crippen molar-refractivity contribution in [3.05, 3.63) is 46.0 Å². The maximum Gasteiger partial charge on any atom is 0.281 e. The van der Waals surface area contributed by atoms with Crippen molar-refractivity contribution in [3.63, 3.8) is 0 Å². The number of hydrogen-bond acceptors (Lipinski definition) is 6. The van der Waals surface area contributed by atoms with E-state index in [1.165, 1.54) is 12.1 Å². The molecule has 2 aromatic heterocycles. The maximum absolute atomic E-state index is 13.1. The van der Waals surface area contributed by atoms with Crippen molar-refractivity contribution in [2.75, 3.05) is 5.73 Å². The molecule has 2 heterocycles. The van der Waals surface area contributed by atoms with E-state index in [0.717, 1.165) is 12.1 Å². The molecule has 2 rings (SSSR count). The fraction of sp³-hybridized carbons (Fsp3) is 0. The number of anilines is 1. The molecule has 22 heavy (non-hydrogen) atoms. The van der Waals surface area contributed by atoms with E-state index in [1.807, 2.05) is 0 Å². The van der Waals surface area contributed by atoms with Gasteiger partial charge in [0.2, 0.25) is 5.95 Å². The summed E-state index contributed by atoms with van der Waals surface area (Å²) < 4.78 is 38.8. The van der Waals surface area contributed by atoms with Gasteiger partial charge in [-0.15, -0.1) is 0 Å². The molecule has 0 fully saturated rings. The average Bonchev–Trinajstić information content (AvgIpc) is 2.42. The normalized spacial score (nSPS) is 11.2. The van der Waals surface area contributed by atoms with Crippen LogP contribution in [-0.4, -0.2) is 24.3 Å². The van der Waals surface area contributed by atoms with Gasteiger partial charge >= 0.3 is 0 Å². The number of nitrogens with zero attached hydrogens (tertiary/aromatic N) is 2. The Bertz CT molecular complexity index is 860. The summed E-state index contributed by atoms with van der Waals surface area (Å²) in [6.07, 6.45) is 0. The van der Waals surface area contributed by atoms with Gasteiger partial charge in [0.25, 0.3) is 15.9 Å². The Morgan fingerprint density at radius 3 is 2.59 bits per heavy atom. The van der Waals surface area contributed by atoms with Gasteiger partial charge in [-0.3, -0.25) is 4.79 Å². The maximum atomic E-state index is 13.1. The molecule has 7 nitrogen and oxygen atoms in total. The number of halogens is 3. The van der Waals surface area contributed by atoms with Gasteiger partial charge in [0.15, 0.2) is 5.03 Å². The Morgan fingerprint density at radius 1 is 1.27 bits per heavy atom. The predicted molar refractivity (Wildman–Crippen MR) is 77.5 cm³/mol. The lowest BCUT2D eigenvalue weighted by atomic mass is 10.3. The molecule has 0 aliphatic carbocycles. The van der Waals surface area contributed by atoms with Crippen LogP contribution in [0.3, 0.4) is 0 Å². The highest BCUT2D eigenvalue weighted by Crippen LogP contribution is 2.21. The first-order valence-electron chi connectivity index (χ1n) is 5.52. The standard InChI is InChI=1S/C11H7Cl2FN4O3S/c12-6-4-5(9(13)17-10(6)14)11(19)18-22(20,21)8-3-1-2-7(15)16-8/h1-4H,(H2,15,16)(H,18,19). The van der Waals surface area contributed by atoms with Crippen LogP contribution in [-0.2, 0) is 10.0 Å². The number of nitrogen functional groups attached to an aromatic ring is 1. The highest BCUT2D eigenvalue weighted by Gasteiger charge is 2.23. The second kappa shape index (κ2) is 6.03. The molecule has 0 atom stereocenters. The zero-order valence-electron chi connectivity index (χ0n) is 10.5. The summed E-state index contributed by atoms with van der Waals surface area (Å²) in [5.41, 5.74) is 4.98. The third-order valence-corrected chi connectivity index (χ3v) is 4.16. The van der Waals surface area contributed by atoms with Gasteiger partial charge in [0, 0.05) is 0 Å². The van der Waals surface area contributed by atoms with E-state index in [2.05, 4.69) is 9.97 Å². The SMILES string of the molecule is Nc1cccc(S(=O)(=O)NC(=O)c2cc(Cl)c(F)nc2Cl)n1. The van der Waals surface area contributed by atoms with Gasteiger partial charge in [-0.2, -0.15) is 12.8 Å². The third-order valence-electron chi connectivity index (χ3n) is 2.38. The lowest BCUT2D eigenvalue weighted by Gasteiger charge is -2.08. The first-order valence-corrected chi connectivity index (χ1v) is 7.76. The molecule has 2 aromatic rings. The van der Waals surface area contributed by atoms with Crippen molar-refractivity contribution in [1.82, 2.24) is 14.7 Å². The molecule has 0 saturated heterocycles. The summed E-state index contributed by atoms with van der Waals surface area (Å²) in [6, 6.07) is 4.74. The van der Waals surface area contributed by atoms with E-state index in [0.29, 0.717) is 0 Å². The minimum absolute atomic E-state index is 0.0418. The van der Waals surface area contributed by atoms with E-state index in [-0.39, 0.29) is 5.82 Å². The van der Waals surface area contributed by atoms with Crippen LogP contribution in [0.25, 0.3) is 0 Å². The van der Waals surface area contributed by atoms with E-state index in [4.69, 9.17) is 28.9 Å². The molecule has 0 aliphatic heterocycles. The van der Waals surface area contributed by atoms with Gasteiger partial charge in [-0.05, 0) is 18.2 Å². The lowest BCUT2D eigenvalue weighted by Crippen LogP contribution is -2.31. The molecule has 0 aromatic carbocycles. The zero-order chi connectivity index (χ0) is 16.5. The summed E-state index contributed by atoms with van der Waals surface area (Å²) >= 11 is 11.1. The largest absolute Gasteiger partial charge is 0.384 e. The molecule has 3 N–H and O–H groups in total. The number of hydrogen-bond donors (Lipinski definition) is 2. The van der Waals surface area contributed by atoms with Crippen LogP contribution in [0.2, 0.25) is 10.2 Å². The van der Waals surface area contributed by atoms with Crippen molar-refractivity contribution in [2.45, 2.75) is 5.03 Å². The van der Waals surface area contributed by atoms with Crippen molar-refractivity contribution in [1.29, 1.82) is 0 Å². The van der Waals surface area contributed by atoms with Crippen LogP contribution in [0.5, 0.6) is 0 Å². The number of rotatable bonds is 3. The van der Waals surface area contributed by atoms with Crippen molar-refractivity contribution in [2.24, 2.45) is 0 Å². The number of amides is 1. The minimum Gasteiger partial charge on any atom is -0.384 e. The van der Waals surface area contributed by atoms with E-state index >= 15 is 0 Å². The monoisotopic (exact) mass is 364 g/mol. The van der Waals surface area contributed by atoms with E-state index in [1.54, 1.807) is 4.72 Å². The molecule has 0 bridgehead atoms. The average molecular weight is 365 g/mol. The van der Waals surface area contributed by atoms with Gasteiger partial charge < -0.3 is 5.73 Å². The molecule has 0 radical (unpaired) electrons. The highest BCUT2D eigenvalue weighted by molar-refractivity contribution is 7.90. The molecule has 11 heteroatoms. The van der Waals surface area contributed by atoms with Gasteiger partial charge in [0.05, 0.1) is 10.6 Å². The van der Waals surface area contributed by atoms with Crippen molar-refractivity contribution >= 4 is 45.0 Å². The predicted octanol–water partition coefficient (Wildman–Crippen LogP) is 1.62. The summed E-state index contributed by atoms with van der Waals surface area (Å²) in [5.74, 6) is -2.26. The minimum atomic E-state index is -4.28. The number of carbonyl (C=O) groups is 1. The molecule has 116 valence electrons. The van der Waals surface area contributed by atoms with Crippen LogP contribution < -0.4 is 10.5 Å². The number of aromatic nitrogens is 2. The third kappa shape index (κ3) is 3.43. The summed E-state index contributed by atoms with van der Waals surface area (Å²) in [6.45, 7) is 0. The fourth-order valence-corrected chi connectivity index (χ4v) is 2.72. The quantitative estimate of drug-likeness (QED) is 0.799. The topological polar surface area (TPSA) is 115 Å². The van der Waals surface area contributed by atoms with Crippen molar-refractivity contribution < 1.29 is 17.6 Å². The summed E-state index contributed by atoms with van der Waals surface area (Å²) in [4.78, 5) is 18.7. The number of pyridine rings is 2. The van der Waals surface area contributed by atoms with Crippen molar-refractivity contribution in [3.8, 4) is 0 Å². The van der Waals surface area contributed by atoms with Crippen LogP contribution in [0, 0.1) is 5.95 Å². The van der Waals surface area contributed by atoms with Crippen LogP contribution >= 0.6 is 23.2 Å². The zero-order valence-corrected chi connectivity index (χ0v) is 12.9. The van der Waals surface area contributed by atoms with E-state index in [9.17, 15) is 17.6 Å². The number of sulfonamides is 1. The molecule has 0 aliphatic rings. The van der Waals surface area contributed by atoms with Gasteiger partial charge in [-0.1, -0.05) is 29.3 Å². The molecule has 0 saturated carbocycles. The molecule has 0 unspecified atom stereocenters. The number of nitrogens with two attached hydrogens (primary N) is 1. The van der Waals surface area contributed by atoms with Crippen LogP contribution in [0.15, 0.2) is 29.3 Å². The highest BCUT2D eigenvalue weighted by atomic mass is 35.5. The van der Waals surface area contributed by atoms with E-state index < -0.39 is 42.6 Å². The molecular weight excluding hydrogens is 358 g/mol. The second-order valence-electron chi connectivity index (χ2n) is 3.93. The fourth-order valence-electron chi connectivity index (χ4n) is 1.41. The summed E-state index contributed by atoms with van der Waals surface area (Å²) in [7, 11) is -4.28. The Morgan fingerprint density at radius 2 is 1.95 bits per heavy atom. The molecule has 1 amide bonds. The Labute approximate surface area is 134 Å². The number of nitrogens with one attached hydrogen (secondary N) is 1. The molecule has 0 spiro atoms. The summed E-state index contributed by atoms with van der Waals surface area (Å²) in [5, 5.41) is -1.47. The smallest absolute Gasteiger partial charge is 0.281 e. The first kappa shape index (κ1) is 16.4. The number of carbonyl (C=O) groups excluding carboxylic acids is 1. The first-order chi connectivity index (χ1) is 10.2. The van der Waals surface area contributed by atoms with Crippen LogP contribution in [0.1, 0.15) is 10.4 Å². The Balaban J connectivity index is 2.34. The second-order valence-corrected chi connectivity index (χ2v) is 6.33. The van der Waals surface area contributed by atoms with Gasteiger partial charge in [-0.25, -0.2) is 14.7 Å². The molecular formula is C11H7Cl2FN4O3S. The van der Waals surface area contributed by atoms with Gasteiger partial charge in [0.1, 0.15) is 11.0 Å². The Kier molecular flexibility index (Phi) is 4.50. The lowest BCUT2D eigenvalue weighted by molar-refractivity contribution is 0.0981. The van der Waals surface area contributed by atoms with Crippen LogP contribution in [0.4, 0.5) is 10.2 Å².